The van der Waals surface area contributed by atoms with Crippen LogP contribution in [0.1, 0.15) is 22.8 Å². The molecule has 0 unspecified atom stereocenters. The normalized spacial score (nSPS) is 10.2. The molecule has 0 aliphatic carbocycles. The smallest absolute Gasteiger partial charge is 0.252 e. The summed E-state index contributed by atoms with van der Waals surface area (Å²) in [5.41, 5.74) is 1.66. The third-order valence-electron chi connectivity index (χ3n) is 3.45. The second kappa shape index (κ2) is 8.48. The van der Waals surface area contributed by atoms with Gasteiger partial charge in [0, 0.05) is 31.0 Å². The van der Waals surface area contributed by atoms with Gasteiger partial charge in [-0.3, -0.25) is 9.59 Å². The number of nitrogens with one attached hydrogen (secondary N) is 1. The number of rotatable bonds is 6. The molecule has 0 saturated carbocycles. The Hall–Kier alpha value is -2.14. The SMILES string of the molecule is CC(=O)N(CCNC(=O)c1ccccc1Br)Cc1ccccc1. The summed E-state index contributed by atoms with van der Waals surface area (Å²) in [5.74, 6) is -0.162. The Bertz CT molecular complexity index is 674. The van der Waals surface area contributed by atoms with Crippen molar-refractivity contribution in [2.24, 2.45) is 0 Å². The highest BCUT2D eigenvalue weighted by Gasteiger charge is 2.12. The van der Waals surface area contributed by atoms with E-state index in [4.69, 9.17) is 0 Å². The number of halogens is 1. The van der Waals surface area contributed by atoms with Crippen LogP contribution in [0.3, 0.4) is 0 Å². The van der Waals surface area contributed by atoms with Crippen LogP contribution < -0.4 is 5.32 Å². The van der Waals surface area contributed by atoms with Crippen LogP contribution in [0.25, 0.3) is 0 Å². The number of benzene rings is 2. The van der Waals surface area contributed by atoms with E-state index in [2.05, 4.69) is 21.2 Å². The Kier molecular flexibility index (Phi) is 6.35. The summed E-state index contributed by atoms with van der Waals surface area (Å²) >= 11 is 3.36. The van der Waals surface area contributed by atoms with Crippen LogP contribution in [0.2, 0.25) is 0 Å². The predicted octanol–water partition coefficient (Wildman–Crippen LogP) is 3.23. The molecule has 0 spiro atoms. The maximum atomic E-state index is 12.1. The van der Waals surface area contributed by atoms with Gasteiger partial charge < -0.3 is 10.2 Å². The van der Waals surface area contributed by atoms with Gasteiger partial charge in [-0.25, -0.2) is 0 Å². The molecule has 0 bridgehead atoms. The van der Waals surface area contributed by atoms with Crippen molar-refractivity contribution in [2.75, 3.05) is 13.1 Å². The molecule has 0 fully saturated rings. The van der Waals surface area contributed by atoms with Crippen LogP contribution in [0.5, 0.6) is 0 Å². The molecule has 2 amide bonds. The Balaban J connectivity index is 1.88. The molecular formula is C18H19BrN2O2. The lowest BCUT2D eigenvalue weighted by atomic mass is 10.2. The van der Waals surface area contributed by atoms with Crippen LogP contribution in [0.15, 0.2) is 59.1 Å². The van der Waals surface area contributed by atoms with Crippen LogP contribution in [0.4, 0.5) is 0 Å². The molecule has 2 rings (SSSR count). The van der Waals surface area contributed by atoms with Gasteiger partial charge in [0.1, 0.15) is 0 Å². The molecule has 0 radical (unpaired) electrons. The zero-order valence-corrected chi connectivity index (χ0v) is 14.5. The fourth-order valence-electron chi connectivity index (χ4n) is 2.20. The van der Waals surface area contributed by atoms with Gasteiger partial charge in [-0.1, -0.05) is 42.5 Å². The lowest BCUT2D eigenvalue weighted by Gasteiger charge is -2.21. The van der Waals surface area contributed by atoms with Crippen molar-refractivity contribution in [1.82, 2.24) is 10.2 Å². The zero-order chi connectivity index (χ0) is 16.7. The van der Waals surface area contributed by atoms with Gasteiger partial charge in [0.15, 0.2) is 0 Å². The summed E-state index contributed by atoms with van der Waals surface area (Å²) in [4.78, 5) is 25.6. The molecule has 0 atom stereocenters. The van der Waals surface area contributed by atoms with E-state index in [0.717, 1.165) is 10.0 Å². The molecule has 0 aliphatic rings. The summed E-state index contributed by atoms with van der Waals surface area (Å²) in [6.45, 7) is 2.96. The molecule has 1 N–H and O–H groups in total. The molecule has 0 heterocycles. The molecule has 120 valence electrons. The minimum Gasteiger partial charge on any atom is -0.350 e. The quantitative estimate of drug-likeness (QED) is 0.843. The minimum atomic E-state index is -0.152. The van der Waals surface area contributed by atoms with Gasteiger partial charge in [-0.15, -0.1) is 0 Å². The monoisotopic (exact) mass is 374 g/mol. The standard InChI is InChI=1S/C18H19BrN2O2/c1-14(22)21(13-15-7-3-2-4-8-15)12-11-20-18(23)16-9-5-6-10-17(16)19/h2-10H,11-13H2,1H3,(H,20,23). The van der Waals surface area contributed by atoms with Gasteiger partial charge in [-0.05, 0) is 33.6 Å². The van der Waals surface area contributed by atoms with Crippen LogP contribution in [-0.4, -0.2) is 29.8 Å². The third-order valence-corrected chi connectivity index (χ3v) is 4.14. The van der Waals surface area contributed by atoms with Crippen molar-refractivity contribution in [3.8, 4) is 0 Å². The van der Waals surface area contributed by atoms with Crippen molar-refractivity contribution in [2.45, 2.75) is 13.5 Å². The zero-order valence-electron chi connectivity index (χ0n) is 13.0. The molecule has 4 nitrogen and oxygen atoms in total. The number of amides is 2. The Morgan fingerprint density at radius 2 is 1.70 bits per heavy atom. The molecule has 0 saturated heterocycles. The highest BCUT2D eigenvalue weighted by molar-refractivity contribution is 9.10. The van der Waals surface area contributed by atoms with Gasteiger partial charge in [0.05, 0.1) is 5.56 Å². The second-order valence-corrected chi connectivity index (χ2v) is 6.02. The third kappa shape index (κ3) is 5.21. The van der Waals surface area contributed by atoms with Crippen molar-refractivity contribution < 1.29 is 9.59 Å². The van der Waals surface area contributed by atoms with E-state index in [-0.39, 0.29) is 11.8 Å². The van der Waals surface area contributed by atoms with Crippen molar-refractivity contribution in [3.05, 3.63) is 70.2 Å². The molecular weight excluding hydrogens is 356 g/mol. The van der Waals surface area contributed by atoms with Crippen molar-refractivity contribution in [1.29, 1.82) is 0 Å². The fourth-order valence-corrected chi connectivity index (χ4v) is 2.66. The van der Waals surface area contributed by atoms with Gasteiger partial charge >= 0.3 is 0 Å². The number of hydrogen-bond acceptors (Lipinski definition) is 2. The Morgan fingerprint density at radius 1 is 1.04 bits per heavy atom. The first-order chi connectivity index (χ1) is 11.1. The minimum absolute atomic E-state index is 0.0102. The lowest BCUT2D eigenvalue weighted by molar-refractivity contribution is -0.129. The summed E-state index contributed by atoms with van der Waals surface area (Å²) in [6, 6.07) is 17.1. The molecule has 5 heteroatoms. The highest BCUT2D eigenvalue weighted by Crippen LogP contribution is 2.15. The molecule has 2 aromatic carbocycles. The predicted molar refractivity (Wildman–Crippen MR) is 94.0 cm³/mol. The number of nitrogens with zero attached hydrogens (tertiary/aromatic N) is 1. The van der Waals surface area contributed by atoms with Gasteiger partial charge in [0.2, 0.25) is 5.91 Å². The average molecular weight is 375 g/mol. The van der Waals surface area contributed by atoms with Gasteiger partial charge in [0.25, 0.3) is 5.91 Å². The van der Waals surface area contributed by atoms with E-state index in [1.54, 1.807) is 17.9 Å². The van der Waals surface area contributed by atoms with Crippen LogP contribution in [-0.2, 0) is 11.3 Å². The first-order valence-electron chi connectivity index (χ1n) is 7.40. The molecule has 2 aromatic rings. The van der Waals surface area contributed by atoms with Crippen molar-refractivity contribution >= 4 is 27.7 Å². The first-order valence-corrected chi connectivity index (χ1v) is 8.19. The van der Waals surface area contributed by atoms with E-state index < -0.39 is 0 Å². The van der Waals surface area contributed by atoms with Crippen LogP contribution in [0, 0.1) is 0 Å². The Labute approximate surface area is 144 Å². The summed E-state index contributed by atoms with van der Waals surface area (Å²) < 4.78 is 0.755. The van der Waals surface area contributed by atoms with E-state index in [1.165, 1.54) is 0 Å². The number of hydrogen-bond donors (Lipinski definition) is 1. The van der Waals surface area contributed by atoms with E-state index >= 15 is 0 Å². The largest absolute Gasteiger partial charge is 0.350 e. The van der Waals surface area contributed by atoms with E-state index in [0.29, 0.717) is 25.2 Å². The van der Waals surface area contributed by atoms with Gasteiger partial charge in [-0.2, -0.15) is 0 Å². The summed E-state index contributed by atoms with van der Waals surface area (Å²) in [6.07, 6.45) is 0. The van der Waals surface area contributed by atoms with E-state index in [1.807, 2.05) is 48.5 Å². The summed E-state index contributed by atoms with van der Waals surface area (Å²) in [7, 11) is 0. The topological polar surface area (TPSA) is 49.4 Å². The number of carbonyl (C=O) groups excluding carboxylic acids is 2. The fraction of sp³-hybridized carbons (Fsp3) is 0.222. The Morgan fingerprint density at radius 3 is 2.35 bits per heavy atom. The molecule has 23 heavy (non-hydrogen) atoms. The van der Waals surface area contributed by atoms with E-state index in [9.17, 15) is 9.59 Å². The maximum absolute atomic E-state index is 12.1. The van der Waals surface area contributed by atoms with Crippen LogP contribution >= 0.6 is 15.9 Å². The van der Waals surface area contributed by atoms with Crippen molar-refractivity contribution in [3.63, 3.8) is 0 Å². The average Bonchev–Trinajstić information content (AvgIpc) is 2.55. The molecule has 0 aliphatic heterocycles. The molecule has 0 aromatic heterocycles. The highest BCUT2D eigenvalue weighted by atomic mass is 79.9. The maximum Gasteiger partial charge on any atom is 0.252 e. The lowest BCUT2D eigenvalue weighted by Crippen LogP contribution is -2.37. The number of carbonyl (C=O) groups is 2. The first kappa shape index (κ1) is 17.2. The summed E-state index contributed by atoms with van der Waals surface area (Å²) in [5, 5.41) is 2.85. The second-order valence-electron chi connectivity index (χ2n) is 5.16.